The smallest absolute Gasteiger partial charge is 0.126 e. The van der Waals surface area contributed by atoms with E-state index in [0.717, 1.165) is 11.3 Å². The van der Waals surface area contributed by atoms with Gasteiger partial charge >= 0.3 is 0 Å². The lowest BCUT2D eigenvalue weighted by Gasteiger charge is -2.13. The first-order valence-electron chi connectivity index (χ1n) is 5.90. The van der Waals surface area contributed by atoms with Crippen LogP contribution in [-0.4, -0.2) is 11.7 Å². The van der Waals surface area contributed by atoms with E-state index in [1.807, 2.05) is 30.3 Å². The summed E-state index contributed by atoms with van der Waals surface area (Å²) >= 11 is 0. The second-order valence-electron chi connectivity index (χ2n) is 4.27. The van der Waals surface area contributed by atoms with Crippen molar-refractivity contribution in [2.75, 3.05) is 11.9 Å². The van der Waals surface area contributed by atoms with Crippen LogP contribution < -0.4 is 5.32 Å². The summed E-state index contributed by atoms with van der Waals surface area (Å²) in [6.45, 7) is 2.11. The molecule has 2 aromatic carbocycles. The summed E-state index contributed by atoms with van der Waals surface area (Å²) in [4.78, 5) is 0. The fourth-order valence-electron chi connectivity index (χ4n) is 1.76. The molecule has 0 spiro atoms. The average molecular weight is 245 g/mol. The zero-order chi connectivity index (χ0) is 13.0. The maximum atomic E-state index is 13.1. The summed E-state index contributed by atoms with van der Waals surface area (Å²) in [7, 11) is 0. The molecule has 0 saturated heterocycles. The third kappa shape index (κ3) is 3.08. The topological polar surface area (TPSA) is 32.3 Å². The number of halogens is 1. The van der Waals surface area contributed by atoms with Crippen molar-refractivity contribution < 1.29 is 9.50 Å². The fourth-order valence-corrected chi connectivity index (χ4v) is 1.76. The van der Waals surface area contributed by atoms with Gasteiger partial charge in [-0.2, -0.15) is 0 Å². The molecule has 0 aliphatic heterocycles. The monoisotopic (exact) mass is 245 g/mol. The first-order valence-corrected chi connectivity index (χ1v) is 5.90. The van der Waals surface area contributed by atoms with Crippen LogP contribution in [0, 0.1) is 12.7 Å². The van der Waals surface area contributed by atoms with Crippen LogP contribution in [-0.2, 0) is 0 Å². The lowest BCUT2D eigenvalue weighted by Crippen LogP contribution is -2.12. The van der Waals surface area contributed by atoms with Crippen molar-refractivity contribution in [1.29, 1.82) is 0 Å². The fraction of sp³-hybridized carbons (Fsp3) is 0.200. The maximum Gasteiger partial charge on any atom is 0.126 e. The normalized spacial score (nSPS) is 12.2. The van der Waals surface area contributed by atoms with Crippen LogP contribution in [0.1, 0.15) is 17.2 Å². The zero-order valence-corrected chi connectivity index (χ0v) is 10.2. The molecule has 0 radical (unpaired) electrons. The summed E-state index contributed by atoms with van der Waals surface area (Å²) in [5.74, 6) is -0.218. The number of hydrogen-bond acceptors (Lipinski definition) is 2. The number of rotatable bonds is 4. The molecular formula is C15H16FNO. The molecule has 94 valence electrons. The van der Waals surface area contributed by atoms with E-state index in [2.05, 4.69) is 5.32 Å². The second kappa shape index (κ2) is 5.65. The Morgan fingerprint density at radius 3 is 2.56 bits per heavy atom. The second-order valence-corrected chi connectivity index (χ2v) is 4.27. The minimum atomic E-state index is -0.573. The minimum Gasteiger partial charge on any atom is -0.387 e. The standard InChI is InChI=1S/C15H16FNO/c1-11-9-13(7-8-14(11)16)17-10-15(18)12-5-3-2-4-6-12/h2-9,15,17-18H,10H2,1H3. The minimum absolute atomic E-state index is 0.218. The third-order valence-electron chi connectivity index (χ3n) is 2.84. The van der Waals surface area contributed by atoms with Crippen LogP contribution in [0.3, 0.4) is 0 Å². The Morgan fingerprint density at radius 2 is 1.89 bits per heavy atom. The molecule has 1 unspecified atom stereocenters. The number of hydrogen-bond donors (Lipinski definition) is 2. The van der Waals surface area contributed by atoms with Gasteiger partial charge in [0.1, 0.15) is 5.82 Å². The highest BCUT2D eigenvalue weighted by Gasteiger charge is 2.06. The Labute approximate surface area is 106 Å². The molecule has 0 bridgehead atoms. The molecule has 0 heterocycles. The highest BCUT2D eigenvalue weighted by molar-refractivity contribution is 5.46. The van der Waals surface area contributed by atoms with E-state index in [-0.39, 0.29) is 5.82 Å². The summed E-state index contributed by atoms with van der Waals surface area (Å²) in [5, 5.41) is 13.1. The van der Waals surface area contributed by atoms with E-state index in [1.54, 1.807) is 19.1 Å². The van der Waals surface area contributed by atoms with Gasteiger partial charge in [0, 0.05) is 12.2 Å². The van der Waals surface area contributed by atoms with Crippen LogP contribution in [0.25, 0.3) is 0 Å². The van der Waals surface area contributed by atoms with Gasteiger partial charge in [0.25, 0.3) is 0 Å². The highest BCUT2D eigenvalue weighted by Crippen LogP contribution is 2.16. The maximum absolute atomic E-state index is 13.1. The Balaban J connectivity index is 1.97. The van der Waals surface area contributed by atoms with E-state index in [0.29, 0.717) is 12.1 Å². The summed E-state index contributed by atoms with van der Waals surface area (Å²) in [6.07, 6.45) is -0.573. The molecule has 18 heavy (non-hydrogen) atoms. The average Bonchev–Trinajstić information content (AvgIpc) is 2.41. The predicted octanol–water partition coefficient (Wildman–Crippen LogP) is 3.28. The number of nitrogens with one attached hydrogen (secondary N) is 1. The van der Waals surface area contributed by atoms with Crippen LogP contribution in [0.5, 0.6) is 0 Å². The largest absolute Gasteiger partial charge is 0.387 e. The molecule has 2 N–H and O–H groups in total. The van der Waals surface area contributed by atoms with Gasteiger partial charge in [-0.15, -0.1) is 0 Å². The van der Waals surface area contributed by atoms with E-state index in [1.165, 1.54) is 6.07 Å². The molecule has 1 atom stereocenters. The van der Waals surface area contributed by atoms with Crippen LogP contribution in [0.15, 0.2) is 48.5 Å². The van der Waals surface area contributed by atoms with Crippen LogP contribution >= 0.6 is 0 Å². The highest BCUT2D eigenvalue weighted by atomic mass is 19.1. The molecule has 0 fully saturated rings. The van der Waals surface area contributed by atoms with Gasteiger partial charge in [-0.25, -0.2) is 4.39 Å². The van der Waals surface area contributed by atoms with Crippen molar-refractivity contribution in [3.63, 3.8) is 0 Å². The van der Waals surface area contributed by atoms with E-state index >= 15 is 0 Å². The van der Waals surface area contributed by atoms with Crippen molar-refractivity contribution in [2.24, 2.45) is 0 Å². The molecule has 2 aromatic rings. The van der Waals surface area contributed by atoms with Gasteiger partial charge in [0.15, 0.2) is 0 Å². The Hall–Kier alpha value is -1.87. The lowest BCUT2D eigenvalue weighted by atomic mass is 10.1. The number of aryl methyl sites for hydroxylation is 1. The molecule has 0 saturated carbocycles. The summed E-state index contributed by atoms with van der Waals surface area (Å²) < 4.78 is 13.1. The van der Waals surface area contributed by atoms with Gasteiger partial charge in [0.2, 0.25) is 0 Å². The zero-order valence-electron chi connectivity index (χ0n) is 10.2. The molecule has 0 aromatic heterocycles. The molecule has 0 aliphatic rings. The lowest BCUT2D eigenvalue weighted by molar-refractivity contribution is 0.191. The molecule has 2 nitrogen and oxygen atoms in total. The van der Waals surface area contributed by atoms with Crippen molar-refractivity contribution in [2.45, 2.75) is 13.0 Å². The van der Waals surface area contributed by atoms with Gasteiger partial charge in [-0.05, 0) is 36.2 Å². The number of aliphatic hydroxyl groups is 1. The Kier molecular flexibility index (Phi) is 3.95. The number of benzene rings is 2. The van der Waals surface area contributed by atoms with E-state index in [4.69, 9.17) is 0 Å². The predicted molar refractivity (Wildman–Crippen MR) is 71.0 cm³/mol. The molecule has 2 rings (SSSR count). The van der Waals surface area contributed by atoms with Crippen LogP contribution in [0.2, 0.25) is 0 Å². The van der Waals surface area contributed by atoms with Crippen molar-refractivity contribution >= 4 is 5.69 Å². The van der Waals surface area contributed by atoms with Gasteiger partial charge in [-0.3, -0.25) is 0 Å². The number of aliphatic hydroxyl groups excluding tert-OH is 1. The molecule has 0 amide bonds. The Bertz CT molecular complexity index is 513. The van der Waals surface area contributed by atoms with Gasteiger partial charge in [-0.1, -0.05) is 30.3 Å². The quantitative estimate of drug-likeness (QED) is 0.866. The number of anilines is 1. The first kappa shape index (κ1) is 12.6. The first-order chi connectivity index (χ1) is 8.66. The van der Waals surface area contributed by atoms with Crippen LogP contribution in [0.4, 0.5) is 10.1 Å². The SMILES string of the molecule is Cc1cc(NCC(O)c2ccccc2)ccc1F. The molecule has 0 aliphatic carbocycles. The molecule has 3 heteroatoms. The van der Waals surface area contributed by atoms with E-state index < -0.39 is 6.10 Å². The van der Waals surface area contributed by atoms with Crippen molar-refractivity contribution in [1.82, 2.24) is 0 Å². The Morgan fingerprint density at radius 1 is 1.17 bits per heavy atom. The van der Waals surface area contributed by atoms with Gasteiger partial charge in [0.05, 0.1) is 6.10 Å². The third-order valence-corrected chi connectivity index (χ3v) is 2.84. The molecular weight excluding hydrogens is 229 g/mol. The summed E-state index contributed by atoms with van der Waals surface area (Å²) in [6, 6.07) is 14.3. The van der Waals surface area contributed by atoms with Gasteiger partial charge < -0.3 is 10.4 Å². The van der Waals surface area contributed by atoms with E-state index in [9.17, 15) is 9.50 Å². The van der Waals surface area contributed by atoms with Crippen molar-refractivity contribution in [3.8, 4) is 0 Å². The van der Waals surface area contributed by atoms with Crippen molar-refractivity contribution in [3.05, 3.63) is 65.5 Å². The summed E-state index contributed by atoms with van der Waals surface area (Å²) in [5.41, 5.74) is 2.27.